The van der Waals surface area contributed by atoms with Crippen LogP contribution in [0.2, 0.25) is 5.02 Å². The topological polar surface area (TPSA) is 33.2 Å². The van der Waals surface area contributed by atoms with E-state index in [0.717, 1.165) is 23.8 Å². The number of benzene rings is 1. The highest BCUT2D eigenvalue weighted by Gasteiger charge is 2.35. The molecule has 0 radical (unpaired) electrons. The van der Waals surface area contributed by atoms with Crippen LogP contribution in [0, 0.1) is 12.7 Å². The van der Waals surface area contributed by atoms with Gasteiger partial charge in [0.05, 0.1) is 5.02 Å². The lowest BCUT2D eigenvalue weighted by Crippen LogP contribution is -2.44. The Labute approximate surface area is 171 Å². The lowest BCUT2D eigenvalue weighted by atomic mass is 9.87. The first kappa shape index (κ1) is 13.2. The quantitative estimate of drug-likeness (QED) is 0.697. The monoisotopic (exact) mass is 398 g/mol. The lowest BCUT2D eigenvalue weighted by Gasteiger charge is -2.36. The number of nitrogens with zero attached hydrogens (tertiary/aromatic N) is 2. The molecule has 27 heavy (non-hydrogen) atoms. The molecule has 0 N–H and O–H groups in total. The lowest BCUT2D eigenvalue weighted by molar-refractivity contribution is 0.0389. The Hall–Kier alpha value is -2.01. The van der Waals surface area contributed by atoms with Crippen molar-refractivity contribution in [2.45, 2.75) is 44.6 Å². The number of aryl methyl sites for hydroxylation is 2. The number of carbonyl (C=O) groups is 1. The van der Waals surface area contributed by atoms with E-state index in [0.29, 0.717) is 12.1 Å². The maximum absolute atomic E-state index is 16.0. The smallest absolute Gasteiger partial charge is 0.253 e. The Morgan fingerprint density at radius 3 is 2.89 bits per heavy atom. The van der Waals surface area contributed by atoms with Gasteiger partial charge >= 0.3 is 0 Å². The second-order valence-electron chi connectivity index (χ2n) is 6.49. The Morgan fingerprint density at radius 1 is 1.37 bits per heavy atom. The van der Waals surface area contributed by atoms with Gasteiger partial charge in [0.25, 0.3) is 5.91 Å². The van der Waals surface area contributed by atoms with Crippen molar-refractivity contribution in [3.63, 3.8) is 0 Å². The molecule has 1 aromatic heterocycles. The molecule has 1 aromatic carbocycles. The van der Waals surface area contributed by atoms with Crippen molar-refractivity contribution >= 4 is 17.5 Å². The minimum atomic E-state index is -3.36. The van der Waals surface area contributed by atoms with Gasteiger partial charge < -0.3 is 4.90 Å². The SMILES string of the molecule is [2H]C1([2H])CC(F)(CCCc2ccc(C)cn2)C([2H])([2H])C([2H])([2H])N1C(=O)c1ccc(F)c(Cl)c1. The van der Waals surface area contributed by atoms with Gasteiger partial charge in [-0.3, -0.25) is 9.78 Å². The molecule has 3 nitrogen and oxygen atoms in total. The van der Waals surface area contributed by atoms with Gasteiger partial charge in [-0.1, -0.05) is 17.7 Å². The van der Waals surface area contributed by atoms with E-state index in [1.165, 1.54) is 0 Å². The van der Waals surface area contributed by atoms with E-state index in [-0.39, 0.29) is 16.9 Å². The molecule has 1 amide bonds. The van der Waals surface area contributed by atoms with E-state index in [2.05, 4.69) is 4.98 Å². The molecule has 1 fully saturated rings. The number of likely N-dealkylation sites (tertiary alicyclic amines) is 1. The summed E-state index contributed by atoms with van der Waals surface area (Å²) in [4.78, 5) is 17.3. The Kier molecular flexibility index (Phi) is 4.08. The predicted octanol–water partition coefficient (Wildman–Crippen LogP) is 5.15. The number of piperidine rings is 1. The van der Waals surface area contributed by atoms with Gasteiger partial charge in [0.1, 0.15) is 11.5 Å². The number of amides is 1. The molecule has 0 saturated carbocycles. The molecular weight excluding hydrogens is 370 g/mol. The average Bonchev–Trinajstić information content (AvgIpc) is 2.69. The number of aromatic nitrogens is 1. The van der Waals surface area contributed by atoms with Crippen LogP contribution >= 0.6 is 11.6 Å². The fourth-order valence-corrected chi connectivity index (χ4v) is 2.85. The van der Waals surface area contributed by atoms with Gasteiger partial charge in [0.2, 0.25) is 0 Å². The standard InChI is InChI=1S/C21H23ClF2N2O/c1-15-4-6-17(25-14-15)3-2-8-21(24)9-11-26(12-10-21)20(27)16-5-7-19(23)18(22)13-16/h4-7,13-14H,2-3,8-12H2,1H3/i9D2,11D2,12D2. The molecule has 0 aliphatic carbocycles. The van der Waals surface area contributed by atoms with Gasteiger partial charge in [-0.15, -0.1) is 0 Å². The van der Waals surface area contributed by atoms with Gasteiger partial charge in [-0.2, -0.15) is 0 Å². The fraction of sp³-hybridized carbons (Fsp3) is 0.429. The minimum absolute atomic E-state index is 0.0585. The van der Waals surface area contributed by atoms with Crippen molar-refractivity contribution in [2.75, 3.05) is 13.0 Å². The van der Waals surface area contributed by atoms with Crippen molar-refractivity contribution in [2.24, 2.45) is 0 Å². The largest absolute Gasteiger partial charge is 0.338 e. The molecule has 0 spiro atoms. The number of alkyl halides is 1. The highest BCUT2D eigenvalue weighted by molar-refractivity contribution is 6.31. The first-order valence-corrected chi connectivity index (χ1v) is 8.90. The molecular formula is C21H23ClF2N2O. The number of carbonyl (C=O) groups excluding carboxylic acids is 1. The van der Waals surface area contributed by atoms with Crippen LogP contribution in [0.15, 0.2) is 36.5 Å². The van der Waals surface area contributed by atoms with Crippen LogP contribution in [-0.4, -0.2) is 34.5 Å². The number of pyridine rings is 1. The Morgan fingerprint density at radius 2 is 2.19 bits per heavy atom. The maximum atomic E-state index is 16.0. The predicted molar refractivity (Wildman–Crippen MR) is 102 cm³/mol. The van der Waals surface area contributed by atoms with Gasteiger partial charge in [0, 0.05) is 38.7 Å². The van der Waals surface area contributed by atoms with E-state index >= 15 is 4.39 Å². The third-order valence-corrected chi connectivity index (χ3v) is 4.55. The summed E-state index contributed by atoms with van der Waals surface area (Å²) in [6, 6.07) is 6.32. The first-order valence-electron chi connectivity index (χ1n) is 11.5. The molecule has 1 unspecified atom stereocenters. The summed E-state index contributed by atoms with van der Waals surface area (Å²) in [5.41, 5.74) is -1.65. The van der Waals surface area contributed by atoms with Crippen molar-refractivity contribution in [3.8, 4) is 0 Å². The highest BCUT2D eigenvalue weighted by atomic mass is 35.5. The second kappa shape index (κ2) is 8.34. The van der Waals surface area contributed by atoms with Crippen LogP contribution in [0.5, 0.6) is 0 Å². The van der Waals surface area contributed by atoms with Crippen LogP contribution in [0.3, 0.4) is 0 Å². The molecule has 1 aliphatic heterocycles. The summed E-state index contributed by atoms with van der Waals surface area (Å²) in [5.74, 6) is -2.10. The summed E-state index contributed by atoms with van der Waals surface area (Å²) in [6.07, 6.45) is -2.76. The Bertz CT molecular complexity index is 1050. The van der Waals surface area contributed by atoms with Crippen molar-refractivity contribution in [1.82, 2.24) is 9.88 Å². The third kappa shape index (κ3) is 5.04. The van der Waals surface area contributed by atoms with Crippen molar-refractivity contribution < 1.29 is 21.8 Å². The second-order valence-corrected chi connectivity index (χ2v) is 6.89. The summed E-state index contributed by atoms with van der Waals surface area (Å²) >= 11 is 5.68. The molecule has 1 aliphatic rings. The third-order valence-electron chi connectivity index (χ3n) is 4.26. The number of rotatable bonds is 5. The number of hydrogen-bond acceptors (Lipinski definition) is 2. The van der Waals surface area contributed by atoms with E-state index < -0.39 is 54.6 Å². The van der Waals surface area contributed by atoms with Crippen LogP contribution in [0.4, 0.5) is 8.78 Å². The molecule has 1 atom stereocenters. The highest BCUT2D eigenvalue weighted by Crippen LogP contribution is 2.32. The first-order chi connectivity index (χ1) is 15.1. The van der Waals surface area contributed by atoms with Gasteiger partial charge in [0.15, 0.2) is 0 Å². The van der Waals surface area contributed by atoms with Crippen LogP contribution in [0.25, 0.3) is 0 Å². The number of halogens is 3. The van der Waals surface area contributed by atoms with E-state index in [9.17, 15) is 9.18 Å². The van der Waals surface area contributed by atoms with Crippen LogP contribution in [-0.2, 0) is 6.42 Å². The summed E-state index contributed by atoms with van der Waals surface area (Å²) in [6.45, 7) is -4.37. The minimum Gasteiger partial charge on any atom is -0.338 e. The summed E-state index contributed by atoms with van der Waals surface area (Å²) < 4.78 is 79.2. The van der Waals surface area contributed by atoms with E-state index in [1.54, 1.807) is 12.3 Å². The molecule has 2 aromatic rings. The zero-order chi connectivity index (χ0) is 24.8. The number of hydrogen-bond donors (Lipinski definition) is 0. The fourth-order valence-electron chi connectivity index (χ4n) is 2.67. The maximum Gasteiger partial charge on any atom is 0.253 e. The van der Waals surface area contributed by atoms with Crippen molar-refractivity contribution in [1.29, 1.82) is 0 Å². The Balaban J connectivity index is 1.88. The summed E-state index contributed by atoms with van der Waals surface area (Å²) in [5, 5.41) is -0.438. The summed E-state index contributed by atoms with van der Waals surface area (Å²) in [7, 11) is 0. The van der Waals surface area contributed by atoms with E-state index in [1.807, 2.05) is 13.0 Å². The van der Waals surface area contributed by atoms with E-state index in [4.69, 9.17) is 19.8 Å². The van der Waals surface area contributed by atoms with Gasteiger partial charge in [-0.05, 0) is 68.8 Å². The molecule has 0 bridgehead atoms. The molecule has 2 heterocycles. The molecule has 1 saturated heterocycles. The van der Waals surface area contributed by atoms with Gasteiger partial charge in [-0.25, -0.2) is 8.78 Å². The van der Waals surface area contributed by atoms with Crippen LogP contribution < -0.4 is 0 Å². The van der Waals surface area contributed by atoms with Crippen LogP contribution in [0.1, 0.15) is 55.5 Å². The average molecular weight is 399 g/mol. The van der Waals surface area contributed by atoms with Crippen molar-refractivity contribution in [3.05, 3.63) is 64.2 Å². The zero-order valence-corrected chi connectivity index (χ0v) is 15.5. The molecule has 3 rings (SSSR count). The normalized spacial score (nSPS) is 28.8. The molecule has 144 valence electrons. The molecule has 6 heteroatoms. The zero-order valence-electron chi connectivity index (χ0n) is 20.7.